The van der Waals surface area contributed by atoms with E-state index in [0.29, 0.717) is 22.9 Å². The average molecular weight is 414 g/mol. The summed E-state index contributed by atoms with van der Waals surface area (Å²) in [5.74, 6) is 1.67. The number of H-pyrrole nitrogens is 1. The maximum Gasteiger partial charge on any atom is 0.158 e. The van der Waals surface area contributed by atoms with E-state index in [1.54, 1.807) is 31.8 Å². The number of methoxy groups -OCH3 is 1. The molecular formula is C23H19FN6O. The summed E-state index contributed by atoms with van der Waals surface area (Å²) in [5, 5.41) is 3.32. The van der Waals surface area contributed by atoms with Crippen molar-refractivity contribution < 1.29 is 9.13 Å². The first-order valence-electron chi connectivity index (χ1n) is 9.67. The zero-order valence-corrected chi connectivity index (χ0v) is 16.9. The molecule has 0 spiro atoms. The number of aryl methyl sites for hydroxylation is 1. The van der Waals surface area contributed by atoms with Crippen LogP contribution >= 0.6 is 0 Å². The molecule has 154 valence electrons. The highest BCUT2D eigenvalue weighted by Crippen LogP contribution is 2.30. The quantitative estimate of drug-likeness (QED) is 0.423. The Kier molecular flexibility index (Phi) is 4.59. The van der Waals surface area contributed by atoms with Crippen molar-refractivity contribution in [1.82, 2.24) is 24.5 Å². The molecule has 0 aliphatic rings. The van der Waals surface area contributed by atoms with Crippen LogP contribution in [0.4, 0.5) is 15.9 Å². The molecule has 5 aromatic rings. The van der Waals surface area contributed by atoms with Crippen LogP contribution in [0.3, 0.4) is 0 Å². The van der Waals surface area contributed by atoms with Crippen LogP contribution < -0.4 is 10.1 Å². The van der Waals surface area contributed by atoms with E-state index in [1.807, 2.05) is 42.0 Å². The number of aromatic amines is 1. The Bertz CT molecular complexity index is 1370. The lowest BCUT2D eigenvalue weighted by Gasteiger charge is -2.12. The number of nitrogens with one attached hydrogen (secondary N) is 2. The van der Waals surface area contributed by atoms with E-state index >= 15 is 0 Å². The Morgan fingerprint density at radius 3 is 2.65 bits per heavy atom. The molecule has 0 aliphatic heterocycles. The van der Waals surface area contributed by atoms with Gasteiger partial charge in [0.1, 0.15) is 22.9 Å². The Balaban J connectivity index is 1.49. The molecule has 5 rings (SSSR count). The van der Waals surface area contributed by atoms with Crippen molar-refractivity contribution in [3.05, 3.63) is 78.8 Å². The number of pyridine rings is 1. The number of ether oxygens (including phenoxy) is 1. The van der Waals surface area contributed by atoms with Gasteiger partial charge in [-0.3, -0.25) is 0 Å². The fourth-order valence-corrected chi connectivity index (χ4v) is 3.43. The maximum absolute atomic E-state index is 13.2. The van der Waals surface area contributed by atoms with Gasteiger partial charge in [-0.15, -0.1) is 0 Å². The molecule has 7 nitrogen and oxygen atoms in total. The summed E-state index contributed by atoms with van der Waals surface area (Å²) in [5.41, 5.74) is 4.94. The molecule has 3 aromatic heterocycles. The van der Waals surface area contributed by atoms with Gasteiger partial charge in [-0.2, -0.15) is 0 Å². The number of hydrogen-bond donors (Lipinski definition) is 2. The van der Waals surface area contributed by atoms with Crippen molar-refractivity contribution in [3.8, 4) is 22.8 Å². The summed E-state index contributed by atoms with van der Waals surface area (Å²) in [6, 6.07) is 13.9. The second kappa shape index (κ2) is 7.56. The Morgan fingerprint density at radius 1 is 1.06 bits per heavy atom. The summed E-state index contributed by atoms with van der Waals surface area (Å²) >= 11 is 0. The average Bonchev–Trinajstić information content (AvgIpc) is 3.41. The predicted molar refractivity (Wildman–Crippen MR) is 117 cm³/mol. The number of aromatic nitrogens is 5. The largest absolute Gasteiger partial charge is 0.494 e. The van der Waals surface area contributed by atoms with Crippen LogP contribution in [0.1, 0.15) is 5.69 Å². The number of fused-ring (bicyclic) bond motifs is 1. The number of benzene rings is 2. The van der Waals surface area contributed by atoms with Gasteiger partial charge in [-0.25, -0.2) is 19.3 Å². The summed E-state index contributed by atoms with van der Waals surface area (Å²) in [6.45, 7) is 1.94. The molecule has 2 N–H and O–H groups in total. The topological polar surface area (TPSA) is 80.6 Å². The van der Waals surface area contributed by atoms with Crippen molar-refractivity contribution in [2.45, 2.75) is 6.92 Å². The third kappa shape index (κ3) is 3.59. The first-order chi connectivity index (χ1) is 15.1. The monoisotopic (exact) mass is 414 g/mol. The zero-order valence-electron chi connectivity index (χ0n) is 16.9. The number of halogens is 1. The van der Waals surface area contributed by atoms with Gasteiger partial charge in [0.25, 0.3) is 0 Å². The van der Waals surface area contributed by atoms with Crippen molar-refractivity contribution in [2.24, 2.45) is 0 Å². The highest BCUT2D eigenvalue weighted by Gasteiger charge is 2.12. The van der Waals surface area contributed by atoms with Crippen LogP contribution in [0.5, 0.6) is 5.75 Å². The molecule has 0 unspecified atom stereocenters. The van der Waals surface area contributed by atoms with Gasteiger partial charge in [0, 0.05) is 29.7 Å². The molecule has 0 bridgehead atoms. The van der Waals surface area contributed by atoms with Crippen molar-refractivity contribution in [2.75, 3.05) is 12.4 Å². The van der Waals surface area contributed by atoms with E-state index in [4.69, 9.17) is 4.74 Å². The number of anilines is 2. The van der Waals surface area contributed by atoms with E-state index in [0.717, 1.165) is 28.1 Å². The van der Waals surface area contributed by atoms with Crippen LogP contribution in [0.25, 0.3) is 28.1 Å². The molecule has 31 heavy (non-hydrogen) atoms. The minimum Gasteiger partial charge on any atom is -0.494 e. The van der Waals surface area contributed by atoms with Gasteiger partial charge in [0.2, 0.25) is 0 Å². The first kappa shape index (κ1) is 18.8. The van der Waals surface area contributed by atoms with Crippen LogP contribution in [0, 0.1) is 12.7 Å². The molecule has 0 aliphatic carbocycles. The Morgan fingerprint density at radius 2 is 1.90 bits per heavy atom. The lowest BCUT2D eigenvalue weighted by Crippen LogP contribution is -1.99. The van der Waals surface area contributed by atoms with Crippen molar-refractivity contribution in [1.29, 1.82) is 0 Å². The Hall–Kier alpha value is -4.20. The van der Waals surface area contributed by atoms with E-state index < -0.39 is 0 Å². The number of imidazole rings is 2. The second-order valence-corrected chi connectivity index (χ2v) is 7.08. The summed E-state index contributed by atoms with van der Waals surface area (Å²) < 4.78 is 20.7. The predicted octanol–water partition coefficient (Wildman–Crippen LogP) is 5.01. The van der Waals surface area contributed by atoms with Crippen LogP contribution in [0.2, 0.25) is 0 Å². The molecular weight excluding hydrogens is 395 g/mol. The standard InChI is InChI=1S/C23H19FN6O/c1-14-12-30(13-26-14)19-8-7-17(11-20(19)31-2)27-23-21-18(9-10-25-23)28-22(29-21)15-3-5-16(24)6-4-15/h3-13H,1-2H3,(H,25,27)(H,28,29). The fourth-order valence-electron chi connectivity index (χ4n) is 3.43. The van der Waals surface area contributed by atoms with Gasteiger partial charge < -0.3 is 19.6 Å². The lowest BCUT2D eigenvalue weighted by molar-refractivity contribution is 0.413. The lowest BCUT2D eigenvalue weighted by atomic mass is 10.2. The van der Waals surface area contributed by atoms with Gasteiger partial charge in [0.05, 0.1) is 30.3 Å². The minimum atomic E-state index is -0.285. The van der Waals surface area contributed by atoms with Crippen LogP contribution in [-0.2, 0) is 0 Å². The normalized spacial score (nSPS) is 11.1. The molecule has 0 radical (unpaired) electrons. The number of rotatable bonds is 5. The van der Waals surface area contributed by atoms with Gasteiger partial charge in [-0.1, -0.05) is 0 Å². The van der Waals surface area contributed by atoms with Gasteiger partial charge >= 0.3 is 0 Å². The molecule has 0 saturated heterocycles. The molecule has 0 saturated carbocycles. The van der Waals surface area contributed by atoms with Crippen LogP contribution in [-0.4, -0.2) is 31.6 Å². The third-order valence-corrected chi connectivity index (χ3v) is 4.95. The molecule has 2 aromatic carbocycles. The summed E-state index contributed by atoms with van der Waals surface area (Å²) in [7, 11) is 1.63. The number of nitrogens with zero attached hydrogens (tertiary/aromatic N) is 4. The Labute approximate surface area is 177 Å². The molecule has 3 heterocycles. The summed E-state index contributed by atoms with van der Waals surface area (Å²) in [4.78, 5) is 16.7. The van der Waals surface area contributed by atoms with Crippen LogP contribution in [0.15, 0.2) is 67.3 Å². The van der Waals surface area contributed by atoms with E-state index in [-0.39, 0.29) is 5.82 Å². The molecule has 0 atom stereocenters. The summed E-state index contributed by atoms with van der Waals surface area (Å²) in [6.07, 6.45) is 5.40. The highest BCUT2D eigenvalue weighted by molar-refractivity contribution is 5.90. The van der Waals surface area contributed by atoms with E-state index in [9.17, 15) is 4.39 Å². The minimum absolute atomic E-state index is 0.285. The molecule has 8 heteroatoms. The SMILES string of the molecule is COc1cc(Nc2nccc3[nH]c(-c4ccc(F)cc4)nc23)ccc1-n1cnc(C)c1. The smallest absolute Gasteiger partial charge is 0.158 e. The van der Waals surface area contributed by atoms with Gasteiger partial charge in [-0.05, 0) is 49.4 Å². The van der Waals surface area contributed by atoms with Gasteiger partial charge in [0.15, 0.2) is 5.82 Å². The molecule has 0 amide bonds. The van der Waals surface area contributed by atoms with Crippen molar-refractivity contribution >= 4 is 22.5 Å². The fraction of sp³-hybridized carbons (Fsp3) is 0.0870. The second-order valence-electron chi connectivity index (χ2n) is 7.08. The third-order valence-electron chi connectivity index (χ3n) is 4.95. The maximum atomic E-state index is 13.2. The number of hydrogen-bond acceptors (Lipinski definition) is 5. The van der Waals surface area contributed by atoms with Crippen molar-refractivity contribution in [3.63, 3.8) is 0 Å². The van der Waals surface area contributed by atoms with E-state index in [2.05, 4.69) is 25.3 Å². The first-order valence-corrected chi connectivity index (χ1v) is 9.67. The van der Waals surface area contributed by atoms with E-state index in [1.165, 1.54) is 12.1 Å². The zero-order chi connectivity index (χ0) is 21.4. The molecule has 0 fully saturated rings. The highest BCUT2D eigenvalue weighted by atomic mass is 19.1.